The molecule has 0 saturated heterocycles. The topological polar surface area (TPSA) is 26.3 Å². The summed E-state index contributed by atoms with van der Waals surface area (Å²) in [5, 5.41) is 0. The van der Waals surface area contributed by atoms with E-state index in [-0.39, 0.29) is 6.61 Å². The van der Waals surface area contributed by atoms with Gasteiger partial charge in [0, 0.05) is 6.42 Å². The Hall–Kier alpha value is -1.44. The molecule has 0 saturated carbocycles. The lowest BCUT2D eigenvalue weighted by molar-refractivity contribution is -0.139. The van der Waals surface area contributed by atoms with Crippen molar-refractivity contribution in [3.8, 4) is 11.8 Å². The lowest BCUT2D eigenvalue weighted by Gasteiger charge is -2.09. The van der Waals surface area contributed by atoms with Crippen LogP contribution < -0.4 is 0 Å². The maximum absolute atomic E-state index is 12.7. The van der Waals surface area contributed by atoms with Crippen LogP contribution in [-0.4, -0.2) is 18.8 Å². The first kappa shape index (κ1) is 16.6. The Balaban J connectivity index is 5.15. The second-order valence-electron chi connectivity index (χ2n) is 3.62. The van der Waals surface area contributed by atoms with Crippen molar-refractivity contribution >= 4 is 5.97 Å². The molecule has 0 fully saturated rings. The van der Waals surface area contributed by atoms with E-state index in [0.717, 1.165) is 19.8 Å². The van der Waals surface area contributed by atoms with E-state index < -0.39 is 23.3 Å². The fourth-order valence-corrected chi connectivity index (χ4v) is 1.13. The highest BCUT2D eigenvalue weighted by Gasteiger charge is 2.36. The van der Waals surface area contributed by atoms with Crippen LogP contribution in [0.3, 0.4) is 0 Å². The predicted molar refractivity (Wildman–Crippen MR) is 62.7 cm³/mol. The van der Waals surface area contributed by atoms with Crippen LogP contribution in [0, 0.1) is 11.8 Å². The van der Waals surface area contributed by atoms with Gasteiger partial charge in [0.1, 0.15) is 5.57 Å². The second kappa shape index (κ2) is 7.80. The molecule has 0 radical (unpaired) electrons. The number of unbranched alkanes of at least 4 members (excludes halogenated alkanes) is 2. The van der Waals surface area contributed by atoms with Crippen molar-refractivity contribution in [3.63, 3.8) is 0 Å². The van der Waals surface area contributed by atoms with E-state index in [2.05, 4.69) is 10.7 Å². The molecular formula is C13H17F3O2. The summed E-state index contributed by atoms with van der Waals surface area (Å²) >= 11 is 0. The zero-order valence-corrected chi connectivity index (χ0v) is 10.8. The number of ether oxygens (including phenoxy) is 1. The van der Waals surface area contributed by atoms with Crippen molar-refractivity contribution < 1.29 is 22.7 Å². The van der Waals surface area contributed by atoms with Crippen molar-refractivity contribution in [1.82, 2.24) is 0 Å². The lowest BCUT2D eigenvalue weighted by atomic mass is 10.1. The molecule has 0 aromatic carbocycles. The molecule has 0 heterocycles. The Bertz CT molecular complexity index is 370. The minimum absolute atomic E-state index is 0.0323. The van der Waals surface area contributed by atoms with Gasteiger partial charge in [0.2, 0.25) is 0 Å². The van der Waals surface area contributed by atoms with Crippen molar-refractivity contribution in [2.45, 2.75) is 46.2 Å². The van der Waals surface area contributed by atoms with Gasteiger partial charge in [-0.15, -0.1) is 0 Å². The van der Waals surface area contributed by atoms with Crippen LogP contribution in [0.5, 0.6) is 0 Å². The van der Waals surface area contributed by atoms with Gasteiger partial charge < -0.3 is 4.74 Å². The monoisotopic (exact) mass is 262 g/mol. The van der Waals surface area contributed by atoms with Crippen molar-refractivity contribution in [2.75, 3.05) is 6.61 Å². The molecule has 0 aromatic heterocycles. The van der Waals surface area contributed by atoms with Crippen LogP contribution >= 0.6 is 0 Å². The van der Waals surface area contributed by atoms with Gasteiger partial charge in [0.05, 0.1) is 12.2 Å². The number of rotatable bonds is 4. The van der Waals surface area contributed by atoms with E-state index >= 15 is 0 Å². The molecule has 0 amide bonds. The van der Waals surface area contributed by atoms with Crippen LogP contribution in [0.1, 0.15) is 40.0 Å². The SMILES string of the molecule is CCCCC#C/C(=C(\C)C(=O)OCC)C(F)(F)F. The quantitative estimate of drug-likeness (QED) is 0.335. The Labute approximate surface area is 105 Å². The largest absolute Gasteiger partial charge is 0.463 e. The van der Waals surface area contributed by atoms with Gasteiger partial charge in [-0.3, -0.25) is 0 Å². The number of halogens is 3. The molecule has 0 bridgehead atoms. The van der Waals surface area contributed by atoms with Gasteiger partial charge in [0.15, 0.2) is 0 Å². The van der Waals surface area contributed by atoms with Crippen LogP contribution in [0.15, 0.2) is 11.1 Å². The van der Waals surface area contributed by atoms with Crippen molar-refractivity contribution in [2.24, 2.45) is 0 Å². The molecular weight excluding hydrogens is 245 g/mol. The third kappa shape index (κ3) is 5.76. The molecule has 5 heteroatoms. The Morgan fingerprint density at radius 1 is 1.28 bits per heavy atom. The van der Waals surface area contributed by atoms with Crippen LogP contribution in [-0.2, 0) is 9.53 Å². The van der Waals surface area contributed by atoms with Crippen LogP contribution in [0.25, 0.3) is 0 Å². The minimum Gasteiger partial charge on any atom is -0.463 e. The standard InChI is InChI=1S/C13H17F3O2/c1-4-6-7-8-9-11(13(14,15)16)10(3)12(17)18-5-2/h4-7H2,1-3H3/b11-10-. The third-order valence-corrected chi connectivity index (χ3v) is 2.11. The van der Waals surface area contributed by atoms with Crippen LogP contribution in [0.4, 0.5) is 13.2 Å². The van der Waals surface area contributed by atoms with E-state index in [4.69, 9.17) is 0 Å². The highest BCUT2D eigenvalue weighted by molar-refractivity contribution is 5.90. The molecule has 0 aromatic rings. The summed E-state index contributed by atoms with van der Waals surface area (Å²) in [4.78, 5) is 11.3. The van der Waals surface area contributed by atoms with E-state index in [9.17, 15) is 18.0 Å². The molecule has 0 unspecified atom stereocenters. The van der Waals surface area contributed by atoms with E-state index in [0.29, 0.717) is 6.42 Å². The fourth-order valence-electron chi connectivity index (χ4n) is 1.13. The first-order chi connectivity index (χ1) is 8.34. The number of alkyl halides is 3. The lowest BCUT2D eigenvalue weighted by Crippen LogP contribution is -2.17. The second-order valence-corrected chi connectivity index (χ2v) is 3.62. The van der Waals surface area contributed by atoms with Gasteiger partial charge in [-0.25, -0.2) is 4.79 Å². The van der Waals surface area contributed by atoms with Crippen molar-refractivity contribution in [3.05, 3.63) is 11.1 Å². The number of carbonyl (C=O) groups is 1. The zero-order valence-electron chi connectivity index (χ0n) is 10.8. The molecule has 0 rings (SSSR count). The molecule has 0 aliphatic carbocycles. The zero-order chi connectivity index (χ0) is 14.2. The highest BCUT2D eigenvalue weighted by atomic mass is 19.4. The van der Waals surface area contributed by atoms with E-state index in [1.165, 1.54) is 6.92 Å². The Kier molecular flexibility index (Phi) is 7.18. The summed E-state index contributed by atoms with van der Waals surface area (Å²) in [5.74, 6) is 3.50. The van der Waals surface area contributed by atoms with Gasteiger partial charge in [-0.2, -0.15) is 13.2 Å². The molecule has 102 valence electrons. The average molecular weight is 262 g/mol. The number of allylic oxidation sites excluding steroid dienone is 1. The van der Waals surface area contributed by atoms with Gasteiger partial charge in [-0.1, -0.05) is 25.2 Å². The van der Waals surface area contributed by atoms with Gasteiger partial charge in [0.25, 0.3) is 0 Å². The number of carbonyl (C=O) groups excluding carboxylic acids is 1. The molecule has 0 N–H and O–H groups in total. The molecule has 2 nitrogen and oxygen atoms in total. The normalized spacial score (nSPS) is 12.3. The maximum atomic E-state index is 12.7. The molecule has 0 aliphatic rings. The van der Waals surface area contributed by atoms with Gasteiger partial charge in [-0.05, 0) is 20.3 Å². The third-order valence-electron chi connectivity index (χ3n) is 2.11. The number of hydrogen-bond acceptors (Lipinski definition) is 2. The number of hydrogen-bond donors (Lipinski definition) is 0. The summed E-state index contributed by atoms with van der Waals surface area (Å²) in [7, 11) is 0. The maximum Gasteiger partial charge on any atom is 0.424 e. The minimum atomic E-state index is -4.63. The molecule has 0 spiro atoms. The first-order valence-electron chi connectivity index (χ1n) is 5.78. The first-order valence-corrected chi connectivity index (χ1v) is 5.78. The Morgan fingerprint density at radius 3 is 2.33 bits per heavy atom. The van der Waals surface area contributed by atoms with Crippen molar-refractivity contribution in [1.29, 1.82) is 0 Å². The molecule has 0 aliphatic heterocycles. The Morgan fingerprint density at radius 2 is 1.89 bits per heavy atom. The number of esters is 1. The van der Waals surface area contributed by atoms with E-state index in [1.807, 2.05) is 12.8 Å². The summed E-state index contributed by atoms with van der Waals surface area (Å²) in [6, 6.07) is 0. The predicted octanol–water partition coefficient (Wildman–Crippen LogP) is 3.62. The van der Waals surface area contributed by atoms with Gasteiger partial charge >= 0.3 is 12.1 Å². The highest BCUT2D eigenvalue weighted by Crippen LogP contribution is 2.28. The fraction of sp³-hybridized carbons (Fsp3) is 0.615. The molecule has 0 atom stereocenters. The summed E-state index contributed by atoms with van der Waals surface area (Å²) in [6.45, 7) is 4.57. The van der Waals surface area contributed by atoms with Crippen LogP contribution in [0.2, 0.25) is 0 Å². The average Bonchev–Trinajstić information content (AvgIpc) is 2.27. The summed E-state index contributed by atoms with van der Waals surface area (Å²) in [5.41, 5.74) is -1.61. The smallest absolute Gasteiger partial charge is 0.424 e. The summed E-state index contributed by atoms with van der Waals surface area (Å²) < 4.78 is 42.7. The van der Waals surface area contributed by atoms with E-state index in [1.54, 1.807) is 0 Å². The molecule has 18 heavy (non-hydrogen) atoms. The summed E-state index contributed by atoms with van der Waals surface area (Å²) in [6.07, 6.45) is -2.66.